The topological polar surface area (TPSA) is 29.1 Å². The fourth-order valence-electron chi connectivity index (χ4n) is 2.84. The molecule has 3 rings (SSSR count). The van der Waals surface area contributed by atoms with Gasteiger partial charge in [0, 0.05) is 22.9 Å². The molecule has 0 radical (unpaired) electrons. The summed E-state index contributed by atoms with van der Waals surface area (Å²) in [5.74, 6) is 0.386. The molecule has 0 aromatic heterocycles. The molecule has 1 saturated heterocycles. The predicted molar refractivity (Wildman–Crippen MR) is 58.9 cm³/mol. The van der Waals surface area contributed by atoms with E-state index in [1.54, 1.807) is 0 Å². The lowest BCUT2D eigenvalue weighted by Gasteiger charge is -2.43. The van der Waals surface area contributed by atoms with Crippen LogP contribution < -0.4 is 5.32 Å². The number of amides is 1. The molecule has 2 aliphatic rings. The third-order valence-corrected chi connectivity index (χ3v) is 4.08. The highest BCUT2D eigenvalue weighted by molar-refractivity contribution is 6.30. The van der Waals surface area contributed by atoms with E-state index < -0.39 is 0 Å². The Morgan fingerprint density at radius 2 is 2.33 bits per heavy atom. The summed E-state index contributed by atoms with van der Waals surface area (Å²) in [6.45, 7) is 0.775. The molecule has 3 heteroatoms. The van der Waals surface area contributed by atoms with Crippen molar-refractivity contribution in [2.24, 2.45) is 5.92 Å². The molecule has 1 saturated carbocycles. The smallest absolute Gasteiger partial charge is 0.224 e. The van der Waals surface area contributed by atoms with Gasteiger partial charge < -0.3 is 5.32 Å². The van der Waals surface area contributed by atoms with Crippen molar-refractivity contribution in [2.45, 2.75) is 18.3 Å². The Balaban J connectivity index is 2.04. The Labute approximate surface area is 93.6 Å². The van der Waals surface area contributed by atoms with Crippen molar-refractivity contribution in [2.75, 3.05) is 6.54 Å². The normalized spacial score (nSPS) is 33.1. The maximum absolute atomic E-state index is 11.6. The summed E-state index contributed by atoms with van der Waals surface area (Å²) >= 11 is 5.99. The number of rotatable bonds is 1. The van der Waals surface area contributed by atoms with Crippen molar-refractivity contribution < 1.29 is 4.79 Å². The van der Waals surface area contributed by atoms with Crippen molar-refractivity contribution in [3.63, 3.8) is 0 Å². The van der Waals surface area contributed by atoms with E-state index in [1.807, 2.05) is 18.2 Å². The Kier molecular flexibility index (Phi) is 1.84. The van der Waals surface area contributed by atoms with Crippen molar-refractivity contribution >= 4 is 17.5 Å². The lowest BCUT2D eigenvalue weighted by Crippen LogP contribution is -2.44. The number of fused-ring (bicyclic) bond motifs is 1. The molecule has 1 aliphatic heterocycles. The molecule has 1 N–H and O–H groups in total. The van der Waals surface area contributed by atoms with E-state index in [9.17, 15) is 4.79 Å². The number of hydrogen-bond donors (Lipinski definition) is 1. The summed E-state index contributed by atoms with van der Waals surface area (Å²) in [4.78, 5) is 11.6. The predicted octanol–water partition coefficient (Wildman–Crippen LogP) is 2.12. The van der Waals surface area contributed by atoms with Crippen LogP contribution >= 0.6 is 11.6 Å². The summed E-state index contributed by atoms with van der Waals surface area (Å²) in [7, 11) is 0. The van der Waals surface area contributed by atoms with Crippen LogP contribution in [-0.4, -0.2) is 12.5 Å². The maximum atomic E-state index is 11.6. The maximum Gasteiger partial charge on any atom is 0.224 e. The van der Waals surface area contributed by atoms with Gasteiger partial charge in [-0.05, 0) is 30.5 Å². The Morgan fingerprint density at radius 3 is 2.93 bits per heavy atom. The fourth-order valence-corrected chi connectivity index (χ4v) is 3.03. The number of benzene rings is 1. The molecule has 0 bridgehead atoms. The molecule has 1 aromatic carbocycles. The first-order valence-corrected chi connectivity index (χ1v) is 5.64. The van der Waals surface area contributed by atoms with Gasteiger partial charge in [-0.25, -0.2) is 0 Å². The van der Waals surface area contributed by atoms with E-state index in [1.165, 1.54) is 5.56 Å². The molecular formula is C12H12ClNO. The molecule has 1 heterocycles. The van der Waals surface area contributed by atoms with Crippen molar-refractivity contribution in [1.29, 1.82) is 0 Å². The average Bonchev–Trinajstić information content (AvgIpc) is 2.37. The van der Waals surface area contributed by atoms with Crippen molar-refractivity contribution in [3.8, 4) is 0 Å². The highest BCUT2D eigenvalue weighted by atomic mass is 35.5. The van der Waals surface area contributed by atoms with Crippen molar-refractivity contribution in [1.82, 2.24) is 5.32 Å². The third kappa shape index (κ3) is 1.14. The van der Waals surface area contributed by atoms with Crippen LogP contribution in [0.2, 0.25) is 5.02 Å². The van der Waals surface area contributed by atoms with Gasteiger partial charge in [-0.15, -0.1) is 0 Å². The van der Waals surface area contributed by atoms with E-state index in [4.69, 9.17) is 11.6 Å². The minimum absolute atomic E-state index is 0.0436. The van der Waals surface area contributed by atoms with E-state index >= 15 is 0 Å². The van der Waals surface area contributed by atoms with E-state index in [2.05, 4.69) is 11.4 Å². The first kappa shape index (κ1) is 9.22. The van der Waals surface area contributed by atoms with Gasteiger partial charge in [-0.1, -0.05) is 23.7 Å². The minimum atomic E-state index is 0.0436. The van der Waals surface area contributed by atoms with E-state index in [0.717, 1.165) is 24.4 Å². The second kappa shape index (κ2) is 2.99. The molecule has 1 aliphatic carbocycles. The van der Waals surface area contributed by atoms with Gasteiger partial charge in [0.25, 0.3) is 0 Å². The molecule has 2 nitrogen and oxygen atoms in total. The highest BCUT2D eigenvalue weighted by Gasteiger charge is 2.55. The monoisotopic (exact) mass is 221 g/mol. The fraction of sp³-hybridized carbons (Fsp3) is 0.417. The first-order chi connectivity index (χ1) is 7.22. The van der Waals surface area contributed by atoms with Gasteiger partial charge in [-0.2, -0.15) is 0 Å². The van der Waals surface area contributed by atoms with Gasteiger partial charge in [0.1, 0.15) is 0 Å². The van der Waals surface area contributed by atoms with Gasteiger partial charge in [0.15, 0.2) is 0 Å². The number of carbonyl (C=O) groups is 1. The quantitative estimate of drug-likeness (QED) is 0.774. The minimum Gasteiger partial charge on any atom is -0.355 e. The second-order valence-corrected chi connectivity index (χ2v) is 4.91. The van der Waals surface area contributed by atoms with Crippen LogP contribution in [0, 0.1) is 5.92 Å². The molecular weight excluding hydrogens is 210 g/mol. The molecule has 15 heavy (non-hydrogen) atoms. The number of nitrogens with one attached hydrogen (secondary N) is 1. The lowest BCUT2D eigenvalue weighted by atomic mass is 9.58. The van der Waals surface area contributed by atoms with E-state index in [0.29, 0.717) is 0 Å². The van der Waals surface area contributed by atoms with Crippen LogP contribution in [0.25, 0.3) is 0 Å². The second-order valence-electron chi connectivity index (χ2n) is 4.48. The number of hydrogen-bond acceptors (Lipinski definition) is 1. The van der Waals surface area contributed by atoms with Crippen LogP contribution in [0.4, 0.5) is 0 Å². The van der Waals surface area contributed by atoms with Crippen LogP contribution in [0.3, 0.4) is 0 Å². The summed E-state index contributed by atoms with van der Waals surface area (Å²) in [5, 5.41) is 3.71. The Hall–Kier alpha value is -1.02. The molecule has 1 amide bonds. The van der Waals surface area contributed by atoms with Crippen LogP contribution in [-0.2, 0) is 10.2 Å². The molecule has 78 valence electrons. The Morgan fingerprint density at radius 1 is 1.47 bits per heavy atom. The zero-order valence-electron chi connectivity index (χ0n) is 8.29. The molecule has 2 unspecified atom stereocenters. The summed E-state index contributed by atoms with van der Waals surface area (Å²) in [6.07, 6.45) is 2.11. The van der Waals surface area contributed by atoms with Crippen LogP contribution in [0.1, 0.15) is 18.4 Å². The third-order valence-electron chi connectivity index (χ3n) is 3.84. The summed E-state index contributed by atoms with van der Waals surface area (Å²) in [6, 6.07) is 7.91. The van der Waals surface area contributed by atoms with Crippen LogP contribution in [0.5, 0.6) is 0 Å². The zero-order chi connectivity index (χ0) is 10.5. The van der Waals surface area contributed by atoms with E-state index in [-0.39, 0.29) is 17.2 Å². The zero-order valence-corrected chi connectivity index (χ0v) is 9.05. The largest absolute Gasteiger partial charge is 0.355 e. The first-order valence-electron chi connectivity index (χ1n) is 5.26. The van der Waals surface area contributed by atoms with Gasteiger partial charge >= 0.3 is 0 Å². The average molecular weight is 222 g/mol. The van der Waals surface area contributed by atoms with Gasteiger partial charge in [0.2, 0.25) is 5.91 Å². The SMILES string of the molecule is O=C1NCC2(c3cccc(Cl)c3)CCC12. The van der Waals surface area contributed by atoms with Crippen LogP contribution in [0.15, 0.2) is 24.3 Å². The summed E-state index contributed by atoms with van der Waals surface area (Å²) in [5.41, 5.74) is 1.26. The molecule has 2 fully saturated rings. The Bertz CT molecular complexity index is 431. The van der Waals surface area contributed by atoms with Gasteiger partial charge in [0.05, 0.1) is 0 Å². The van der Waals surface area contributed by atoms with Gasteiger partial charge in [-0.3, -0.25) is 4.79 Å². The number of halogens is 1. The highest BCUT2D eigenvalue weighted by Crippen LogP contribution is 2.51. The molecule has 2 atom stereocenters. The lowest BCUT2D eigenvalue weighted by molar-refractivity contribution is -0.125. The van der Waals surface area contributed by atoms with Crippen molar-refractivity contribution in [3.05, 3.63) is 34.9 Å². The molecule has 1 aromatic rings. The number of carbonyl (C=O) groups excluding carboxylic acids is 1. The molecule has 0 spiro atoms. The summed E-state index contributed by atoms with van der Waals surface area (Å²) < 4.78 is 0. The standard InChI is InChI=1S/C12H12ClNO/c13-9-3-1-2-8(6-9)12-5-4-10(12)11(15)14-7-12/h1-3,6,10H,4-5,7H2,(H,14,15).